The average molecular weight is 402 g/mol. The van der Waals surface area contributed by atoms with Gasteiger partial charge in [0, 0.05) is 31.4 Å². The second kappa shape index (κ2) is 7.70. The van der Waals surface area contributed by atoms with Gasteiger partial charge < -0.3 is 10.1 Å². The second-order valence-electron chi connectivity index (χ2n) is 8.19. The standard InChI is InChI=1S/C24H26N4O2/c1-18-19(15-28(26-18)21-10-6-3-7-11-21)14-27-13-12-24(20-8-4-2-5-9-20)22(16-27)30-17-23(29)25-24/h2-11,15,22H,12-14,16-17H2,1H3,(H,25,29)/t22-,24+/m1/s1. The third-order valence-corrected chi connectivity index (χ3v) is 6.28. The van der Waals surface area contributed by atoms with Gasteiger partial charge in [-0.3, -0.25) is 9.69 Å². The Morgan fingerprint density at radius 1 is 1.13 bits per heavy atom. The Morgan fingerprint density at radius 2 is 1.87 bits per heavy atom. The summed E-state index contributed by atoms with van der Waals surface area (Å²) >= 11 is 0. The highest BCUT2D eigenvalue weighted by Crippen LogP contribution is 2.37. The number of carbonyl (C=O) groups is 1. The molecule has 5 rings (SSSR count). The average Bonchev–Trinajstić information content (AvgIpc) is 3.15. The monoisotopic (exact) mass is 402 g/mol. The predicted molar refractivity (Wildman–Crippen MR) is 114 cm³/mol. The third-order valence-electron chi connectivity index (χ3n) is 6.28. The van der Waals surface area contributed by atoms with Crippen molar-refractivity contribution in [3.63, 3.8) is 0 Å². The number of aromatic nitrogens is 2. The Balaban J connectivity index is 1.36. The lowest BCUT2D eigenvalue weighted by atomic mass is 9.77. The van der Waals surface area contributed by atoms with Crippen LogP contribution in [0.4, 0.5) is 0 Å². The summed E-state index contributed by atoms with van der Waals surface area (Å²) in [5.41, 5.74) is 3.99. The molecule has 3 heterocycles. The number of fused-ring (bicyclic) bond motifs is 1. The van der Waals surface area contributed by atoms with Crippen LogP contribution in [0.25, 0.3) is 5.69 Å². The summed E-state index contributed by atoms with van der Waals surface area (Å²) in [5, 5.41) is 7.96. The second-order valence-corrected chi connectivity index (χ2v) is 8.19. The highest BCUT2D eigenvalue weighted by atomic mass is 16.5. The number of morpholine rings is 1. The summed E-state index contributed by atoms with van der Waals surface area (Å²) in [6.45, 7) is 4.65. The van der Waals surface area contributed by atoms with Crippen molar-refractivity contribution in [3.05, 3.63) is 83.7 Å². The number of carbonyl (C=O) groups excluding carboxylic acids is 1. The number of amides is 1. The van der Waals surface area contributed by atoms with Crippen LogP contribution in [0.15, 0.2) is 66.9 Å². The third kappa shape index (κ3) is 3.42. The van der Waals surface area contributed by atoms with Crippen molar-refractivity contribution in [2.75, 3.05) is 19.7 Å². The molecule has 154 valence electrons. The van der Waals surface area contributed by atoms with Crippen LogP contribution >= 0.6 is 0 Å². The van der Waals surface area contributed by atoms with Gasteiger partial charge in [-0.05, 0) is 31.0 Å². The van der Waals surface area contributed by atoms with Gasteiger partial charge in [0.05, 0.1) is 23.0 Å². The number of hydrogen-bond acceptors (Lipinski definition) is 4. The molecule has 0 unspecified atom stereocenters. The molecule has 0 bridgehead atoms. The topological polar surface area (TPSA) is 59.4 Å². The molecule has 6 heteroatoms. The molecular weight excluding hydrogens is 376 g/mol. The molecule has 6 nitrogen and oxygen atoms in total. The van der Waals surface area contributed by atoms with Gasteiger partial charge in [-0.2, -0.15) is 5.10 Å². The van der Waals surface area contributed by atoms with Crippen LogP contribution in [0.1, 0.15) is 23.2 Å². The molecule has 2 saturated heterocycles. The van der Waals surface area contributed by atoms with Crippen LogP contribution in [0.3, 0.4) is 0 Å². The maximum absolute atomic E-state index is 12.2. The SMILES string of the molecule is Cc1nn(-c2ccccc2)cc1CN1CC[C@@]2(c3ccccc3)NC(=O)CO[C@@H]2C1. The van der Waals surface area contributed by atoms with Crippen LogP contribution in [-0.2, 0) is 21.6 Å². The number of nitrogens with zero attached hydrogens (tertiary/aromatic N) is 3. The fraction of sp³-hybridized carbons (Fsp3) is 0.333. The number of hydrogen-bond donors (Lipinski definition) is 1. The molecule has 2 aliphatic heterocycles. The number of likely N-dealkylation sites (tertiary alicyclic amines) is 1. The van der Waals surface area contributed by atoms with Crippen molar-refractivity contribution in [1.82, 2.24) is 20.0 Å². The van der Waals surface area contributed by atoms with E-state index in [9.17, 15) is 4.79 Å². The quantitative estimate of drug-likeness (QED) is 0.729. The van der Waals surface area contributed by atoms with E-state index in [4.69, 9.17) is 9.84 Å². The number of rotatable bonds is 4. The minimum absolute atomic E-state index is 0.0384. The molecule has 1 N–H and O–H groups in total. The van der Waals surface area contributed by atoms with Gasteiger partial charge in [-0.1, -0.05) is 48.5 Å². The smallest absolute Gasteiger partial charge is 0.246 e. The molecule has 2 aromatic carbocycles. The maximum atomic E-state index is 12.2. The summed E-state index contributed by atoms with van der Waals surface area (Å²) in [7, 11) is 0. The summed E-state index contributed by atoms with van der Waals surface area (Å²) in [4.78, 5) is 14.6. The number of ether oxygens (including phenoxy) is 1. The first-order valence-electron chi connectivity index (χ1n) is 10.5. The summed E-state index contributed by atoms with van der Waals surface area (Å²) in [6, 6.07) is 20.4. The van der Waals surface area contributed by atoms with Gasteiger partial charge in [0.2, 0.25) is 5.91 Å². The van der Waals surface area contributed by atoms with Gasteiger partial charge >= 0.3 is 0 Å². The minimum atomic E-state index is -0.448. The van der Waals surface area contributed by atoms with Crippen molar-refractivity contribution in [3.8, 4) is 5.69 Å². The maximum Gasteiger partial charge on any atom is 0.246 e. The van der Waals surface area contributed by atoms with Crippen molar-refractivity contribution < 1.29 is 9.53 Å². The summed E-state index contributed by atoms with van der Waals surface area (Å²) in [5.74, 6) is -0.0384. The van der Waals surface area contributed by atoms with Crippen molar-refractivity contribution >= 4 is 5.91 Å². The van der Waals surface area contributed by atoms with Gasteiger partial charge in [-0.25, -0.2) is 4.68 Å². The van der Waals surface area contributed by atoms with E-state index in [0.717, 1.165) is 43.0 Å². The molecule has 3 aromatic rings. The van der Waals surface area contributed by atoms with Gasteiger partial charge in [0.25, 0.3) is 0 Å². The van der Waals surface area contributed by atoms with Crippen LogP contribution in [0.2, 0.25) is 0 Å². The van der Waals surface area contributed by atoms with E-state index in [-0.39, 0.29) is 18.6 Å². The number of piperidine rings is 1. The fourth-order valence-electron chi connectivity index (χ4n) is 4.66. The van der Waals surface area contributed by atoms with Gasteiger partial charge in [0.15, 0.2) is 0 Å². The van der Waals surface area contributed by atoms with E-state index >= 15 is 0 Å². The zero-order valence-electron chi connectivity index (χ0n) is 17.1. The van der Waals surface area contributed by atoms with Crippen LogP contribution < -0.4 is 5.32 Å². The highest BCUT2D eigenvalue weighted by Gasteiger charge is 2.49. The number of aryl methyl sites for hydroxylation is 1. The van der Waals surface area contributed by atoms with Crippen LogP contribution in [-0.4, -0.2) is 46.4 Å². The first kappa shape index (κ1) is 19.0. The molecule has 0 aliphatic carbocycles. The lowest BCUT2D eigenvalue weighted by molar-refractivity contribution is -0.152. The molecular formula is C24H26N4O2. The van der Waals surface area contributed by atoms with E-state index < -0.39 is 5.54 Å². The number of para-hydroxylation sites is 1. The molecule has 0 saturated carbocycles. The summed E-state index contributed by atoms with van der Waals surface area (Å²) < 4.78 is 7.99. The molecule has 2 aliphatic rings. The lowest BCUT2D eigenvalue weighted by Gasteiger charge is -2.50. The molecule has 2 fully saturated rings. The predicted octanol–water partition coefficient (Wildman–Crippen LogP) is 2.80. The molecule has 0 spiro atoms. The number of benzene rings is 2. The zero-order chi connectivity index (χ0) is 20.6. The van der Waals surface area contributed by atoms with E-state index in [1.54, 1.807) is 0 Å². The van der Waals surface area contributed by atoms with Crippen LogP contribution in [0.5, 0.6) is 0 Å². The lowest BCUT2D eigenvalue weighted by Crippen LogP contribution is -2.66. The first-order valence-corrected chi connectivity index (χ1v) is 10.5. The molecule has 1 aromatic heterocycles. The summed E-state index contributed by atoms with van der Waals surface area (Å²) in [6.07, 6.45) is 2.86. The minimum Gasteiger partial charge on any atom is -0.364 e. The van der Waals surface area contributed by atoms with E-state index in [0.29, 0.717) is 0 Å². The fourth-order valence-corrected chi connectivity index (χ4v) is 4.66. The molecule has 0 radical (unpaired) electrons. The Morgan fingerprint density at radius 3 is 2.63 bits per heavy atom. The van der Waals surface area contributed by atoms with Crippen molar-refractivity contribution in [2.24, 2.45) is 0 Å². The van der Waals surface area contributed by atoms with Crippen molar-refractivity contribution in [1.29, 1.82) is 0 Å². The van der Waals surface area contributed by atoms with E-state index in [2.05, 4.69) is 47.6 Å². The Kier molecular flexibility index (Phi) is 4.89. The molecule has 2 atom stereocenters. The van der Waals surface area contributed by atoms with E-state index in [1.165, 1.54) is 5.56 Å². The van der Waals surface area contributed by atoms with Crippen LogP contribution in [0, 0.1) is 6.92 Å². The van der Waals surface area contributed by atoms with Gasteiger partial charge in [-0.15, -0.1) is 0 Å². The van der Waals surface area contributed by atoms with Gasteiger partial charge in [0.1, 0.15) is 6.61 Å². The Labute approximate surface area is 176 Å². The van der Waals surface area contributed by atoms with E-state index in [1.807, 2.05) is 41.1 Å². The molecule has 1 amide bonds. The molecule has 30 heavy (non-hydrogen) atoms. The highest BCUT2D eigenvalue weighted by molar-refractivity contribution is 5.79. The first-order chi connectivity index (χ1) is 14.6. The Bertz CT molecular complexity index is 1030. The normalized spacial score (nSPS) is 24.3. The Hall–Kier alpha value is -2.96. The number of nitrogens with one attached hydrogen (secondary N) is 1. The largest absolute Gasteiger partial charge is 0.364 e. The van der Waals surface area contributed by atoms with Crippen molar-refractivity contribution in [2.45, 2.75) is 31.5 Å². The zero-order valence-corrected chi connectivity index (χ0v) is 17.1.